The number of hydrogen-bond acceptors (Lipinski definition) is 4. The van der Waals surface area contributed by atoms with Gasteiger partial charge in [-0.2, -0.15) is 10.4 Å². The van der Waals surface area contributed by atoms with Gasteiger partial charge in [-0.3, -0.25) is 4.79 Å². The first-order valence-corrected chi connectivity index (χ1v) is 4.28. The monoisotopic (exact) mass is 221 g/mol. The van der Waals surface area contributed by atoms with Gasteiger partial charge in [0.1, 0.15) is 6.07 Å². The fourth-order valence-electron chi connectivity index (χ4n) is 1.03. The van der Waals surface area contributed by atoms with E-state index in [4.69, 9.17) is 16.9 Å². The van der Waals surface area contributed by atoms with Gasteiger partial charge in [0.2, 0.25) is 0 Å². The fourth-order valence-corrected chi connectivity index (χ4v) is 1.22. The molecule has 0 radical (unpaired) electrons. The summed E-state index contributed by atoms with van der Waals surface area (Å²) in [7, 11) is 0. The Kier molecular flexibility index (Phi) is 2.23. The Morgan fingerprint density at radius 3 is 3.07 bits per heavy atom. The Morgan fingerprint density at radius 1 is 1.60 bits per heavy atom. The summed E-state index contributed by atoms with van der Waals surface area (Å²) >= 11 is 5.73. The van der Waals surface area contributed by atoms with E-state index in [9.17, 15) is 4.79 Å². The zero-order chi connectivity index (χ0) is 10.8. The molecule has 2 rings (SSSR count). The van der Waals surface area contributed by atoms with Crippen molar-refractivity contribution in [2.24, 2.45) is 0 Å². The van der Waals surface area contributed by atoms with Crippen LogP contribution in [0.4, 0.5) is 0 Å². The van der Waals surface area contributed by atoms with Crippen molar-refractivity contribution in [2.45, 2.75) is 0 Å². The molecule has 0 spiro atoms. The van der Waals surface area contributed by atoms with Crippen molar-refractivity contribution in [2.75, 3.05) is 0 Å². The first-order chi connectivity index (χ1) is 7.22. The molecule has 2 aromatic heterocycles. The predicted molar refractivity (Wildman–Crippen MR) is 51.7 cm³/mol. The molecule has 0 aliphatic heterocycles. The minimum Gasteiger partial charge on any atom is -0.312 e. The van der Waals surface area contributed by atoms with Crippen molar-refractivity contribution in [3.63, 3.8) is 0 Å². The van der Waals surface area contributed by atoms with E-state index in [1.165, 1.54) is 23.4 Å². The highest BCUT2D eigenvalue weighted by Crippen LogP contribution is 2.11. The molecule has 0 amide bonds. The molecule has 2 heterocycles. The van der Waals surface area contributed by atoms with Gasteiger partial charge in [-0.1, -0.05) is 11.6 Å². The van der Waals surface area contributed by atoms with Crippen LogP contribution >= 0.6 is 11.6 Å². The van der Waals surface area contributed by atoms with Crippen LogP contribution < -0.4 is 5.56 Å². The van der Waals surface area contributed by atoms with Crippen LogP contribution in [-0.4, -0.2) is 19.7 Å². The Hall–Kier alpha value is -2.13. The van der Waals surface area contributed by atoms with Crippen molar-refractivity contribution < 1.29 is 0 Å². The quantitative estimate of drug-likeness (QED) is 0.759. The zero-order valence-corrected chi connectivity index (χ0v) is 8.06. The minimum absolute atomic E-state index is 0.0647. The van der Waals surface area contributed by atoms with Crippen LogP contribution in [0.5, 0.6) is 0 Å². The van der Waals surface area contributed by atoms with E-state index in [1.54, 1.807) is 0 Å². The lowest BCUT2D eigenvalue weighted by atomic mass is 10.4. The van der Waals surface area contributed by atoms with Crippen molar-refractivity contribution in [1.29, 1.82) is 5.26 Å². The van der Waals surface area contributed by atoms with Crippen LogP contribution in [0.3, 0.4) is 0 Å². The number of hydrogen-bond donors (Lipinski definition) is 1. The van der Waals surface area contributed by atoms with Gasteiger partial charge < -0.3 is 4.98 Å². The molecule has 1 N–H and O–H groups in total. The van der Waals surface area contributed by atoms with Crippen molar-refractivity contribution in [1.82, 2.24) is 19.7 Å². The topological polar surface area (TPSA) is 87.4 Å². The molecule has 74 valence electrons. The van der Waals surface area contributed by atoms with E-state index in [1.807, 2.05) is 6.07 Å². The molecule has 7 heteroatoms. The van der Waals surface area contributed by atoms with E-state index in [2.05, 4.69) is 15.1 Å². The van der Waals surface area contributed by atoms with E-state index in [-0.39, 0.29) is 10.8 Å². The molecule has 0 atom stereocenters. The van der Waals surface area contributed by atoms with E-state index in [0.29, 0.717) is 5.56 Å². The van der Waals surface area contributed by atoms with Crippen LogP contribution in [0.1, 0.15) is 5.56 Å². The van der Waals surface area contributed by atoms with Gasteiger partial charge >= 0.3 is 0 Å². The number of aromatic amines is 1. The lowest BCUT2D eigenvalue weighted by molar-refractivity contribution is 0.835. The second-order valence-electron chi connectivity index (χ2n) is 2.65. The lowest BCUT2D eigenvalue weighted by Gasteiger charge is -1.99. The normalized spacial score (nSPS) is 9.87. The van der Waals surface area contributed by atoms with Crippen molar-refractivity contribution >= 4 is 11.6 Å². The maximum Gasteiger partial charge on any atom is 0.271 e. The molecular formula is C8H4ClN5O. The summed E-state index contributed by atoms with van der Waals surface area (Å²) in [6, 6.07) is 1.91. The largest absolute Gasteiger partial charge is 0.312 e. The Balaban J connectivity index is 2.60. The number of rotatable bonds is 1. The standard InChI is InChI=1S/C8H4ClN5O/c9-6-7(11-4-12-8(6)15)14-3-5(1-10)2-13-14/h2-4H,(H,11,12,15). The van der Waals surface area contributed by atoms with E-state index < -0.39 is 5.56 Å². The molecule has 0 unspecified atom stereocenters. The van der Waals surface area contributed by atoms with Gasteiger partial charge in [0, 0.05) is 0 Å². The third kappa shape index (κ3) is 1.60. The molecule has 2 aromatic rings. The Morgan fingerprint density at radius 2 is 2.40 bits per heavy atom. The van der Waals surface area contributed by atoms with Crippen LogP contribution in [-0.2, 0) is 0 Å². The van der Waals surface area contributed by atoms with Gasteiger partial charge in [0.15, 0.2) is 10.8 Å². The molecular weight excluding hydrogens is 218 g/mol. The van der Waals surface area contributed by atoms with Crippen LogP contribution in [0.2, 0.25) is 5.02 Å². The predicted octanol–water partition coefficient (Wildman–Crippen LogP) is 0.481. The highest BCUT2D eigenvalue weighted by Gasteiger charge is 2.09. The zero-order valence-electron chi connectivity index (χ0n) is 7.31. The summed E-state index contributed by atoms with van der Waals surface area (Å²) < 4.78 is 1.27. The maximum absolute atomic E-state index is 11.2. The summed E-state index contributed by atoms with van der Waals surface area (Å²) in [5, 5.41) is 12.4. The maximum atomic E-state index is 11.2. The minimum atomic E-state index is -0.448. The second-order valence-corrected chi connectivity index (χ2v) is 3.03. The highest BCUT2D eigenvalue weighted by molar-refractivity contribution is 6.31. The van der Waals surface area contributed by atoms with Gasteiger partial charge in [0.05, 0.1) is 24.3 Å². The highest BCUT2D eigenvalue weighted by atomic mass is 35.5. The first kappa shape index (κ1) is 9.43. The number of halogens is 1. The summed E-state index contributed by atoms with van der Waals surface area (Å²) in [4.78, 5) is 17.3. The molecule has 0 saturated heterocycles. The summed E-state index contributed by atoms with van der Waals surface area (Å²) in [5.74, 6) is 0.196. The smallest absolute Gasteiger partial charge is 0.271 e. The molecule has 0 aromatic carbocycles. The average molecular weight is 222 g/mol. The van der Waals surface area contributed by atoms with Gasteiger partial charge in [0.25, 0.3) is 5.56 Å². The first-order valence-electron chi connectivity index (χ1n) is 3.90. The van der Waals surface area contributed by atoms with E-state index in [0.717, 1.165) is 0 Å². The molecule has 0 bridgehead atoms. The van der Waals surface area contributed by atoms with Crippen LogP contribution in [0, 0.1) is 11.3 Å². The van der Waals surface area contributed by atoms with Crippen molar-refractivity contribution in [3.05, 3.63) is 39.7 Å². The Bertz CT molecular complexity index is 594. The van der Waals surface area contributed by atoms with Crippen LogP contribution in [0.25, 0.3) is 5.82 Å². The summed E-state index contributed by atoms with van der Waals surface area (Å²) in [5.41, 5.74) is -0.0798. The van der Waals surface area contributed by atoms with Gasteiger partial charge in [-0.25, -0.2) is 9.67 Å². The fraction of sp³-hybridized carbons (Fsp3) is 0. The van der Waals surface area contributed by atoms with E-state index >= 15 is 0 Å². The van der Waals surface area contributed by atoms with Gasteiger partial charge in [-0.15, -0.1) is 0 Å². The molecule has 15 heavy (non-hydrogen) atoms. The number of aromatic nitrogens is 4. The second kappa shape index (κ2) is 3.55. The average Bonchev–Trinajstić information content (AvgIpc) is 2.70. The number of nitrogens with one attached hydrogen (secondary N) is 1. The molecule has 0 aliphatic rings. The number of H-pyrrole nitrogens is 1. The molecule has 0 fully saturated rings. The summed E-state index contributed by atoms with van der Waals surface area (Å²) in [6.07, 6.45) is 4.02. The van der Waals surface area contributed by atoms with Crippen LogP contribution in [0.15, 0.2) is 23.5 Å². The number of nitrogens with zero attached hydrogens (tertiary/aromatic N) is 4. The molecule has 6 nitrogen and oxygen atoms in total. The number of nitriles is 1. The van der Waals surface area contributed by atoms with Gasteiger partial charge in [-0.05, 0) is 0 Å². The van der Waals surface area contributed by atoms with Crippen molar-refractivity contribution in [3.8, 4) is 11.9 Å². The Labute approximate surface area is 88.8 Å². The summed E-state index contributed by atoms with van der Waals surface area (Å²) in [6.45, 7) is 0. The lowest BCUT2D eigenvalue weighted by Crippen LogP contribution is -2.11. The molecule has 0 aliphatic carbocycles. The third-order valence-corrected chi connectivity index (χ3v) is 2.05. The third-order valence-electron chi connectivity index (χ3n) is 1.71. The molecule has 0 saturated carbocycles. The SMILES string of the molecule is N#Cc1cnn(-c2nc[nH]c(=O)c2Cl)c1.